The Morgan fingerprint density at radius 1 is 1.32 bits per heavy atom. The number of hydrogen-bond donors (Lipinski definition) is 0. The number of carbonyl (C=O) groups excluding carboxylic acids is 2. The first-order valence-electron chi connectivity index (χ1n) is 9.62. The quantitative estimate of drug-likeness (QED) is 0.672. The lowest BCUT2D eigenvalue weighted by molar-refractivity contribution is -0.140. The molecule has 2 aliphatic heterocycles. The lowest BCUT2D eigenvalue weighted by Gasteiger charge is -2.30. The van der Waals surface area contributed by atoms with Crippen LogP contribution in [-0.2, 0) is 14.3 Å². The number of rotatable bonds is 6. The minimum Gasteiger partial charge on any atom is -0.462 e. The van der Waals surface area contributed by atoms with Crippen LogP contribution in [0.2, 0.25) is 0 Å². The van der Waals surface area contributed by atoms with E-state index < -0.39 is 12.0 Å². The van der Waals surface area contributed by atoms with Crippen LogP contribution < -0.4 is 0 Å². The molecule has 0 N–H and O–H groups in total. The summed E-state index contributed by atoms with van der Waals surface area (Å²) in [5.41, 5.74) is 2.05. The number of thioether (sulfide) groups is 1. The molecule has 2 atom stereocenters. The van der Waals surface area contributed by atoms with E-state index in [1.165, 1.54) is 11.8 Å². The molecule has 0 aliphatic carbocycles. The van der Waals surface area contributed by atoms with Gasteiger partial charge in [-0.15, -0.1) is 0 Å². The van der Waals surface area contributed by atoms with Crippen LogP contribution in [0.5, 0.6) is 0 Å². The minimum absolute atomic E-state index is 0.00405. The van der Waals surface area contributed by atoms with Gasteiger partial charge in [-0.3, -0.25) is 9.69 Å². The third-order valence-corrected chi connectivity index (χ3v) is 5.92. The number of amidine groups is 1. The topological polar surface area (TPSA) is 59.0 Å². The number of hydrogen-bond acceptors (Lipinski definition) is 5. The van der Waals surface area contributed by atoms with Crippen molar-refractivity contribution in [3.8, 4) is 0 Å². The summed E-state index contributed by atoms with van der Waals surface area (Å²) in [6.45, 7) is 8.11. The first-order valence-corrected chi connectivity index (χ1v) is 10.5. The van der Waals surface area contributed by atoms with Crippen molar-refractivity contribution in [2.45, 2.75) is 45.4 Å². The van der Waals surface area contributed by atoms with E-state index in [1.54, 1.807) is 4.90 Å². The van der Waals surface area contributed by atoms with E-state index in [1.807, 2.05) is 70.2 Å². The number of aliphatic imine (C=N–C) groups is 1. The van der Waals surface area contributed by atoms with Gasteiger partial charge in [-0.1, -0.05) is 75.0 Å². The van der Waals surface area contributed by atoms with Crippen molar-refractivity contribution in [1.29, 1.82) is 0 Å². The molecule has 1 fully saturated rings. The zero-order valence-electron chi connectivity index (χ0n) is 16.7. The Bertz CT molecular complexity index is 843. The molecule has 1 saturated heterocycles. The summed E-state index contributed by atoms with van der Waals surface area (Å²) in [5, 5.41) is 0.502. The van der Waals surface area contributed by atoms with E-state index in [4.69, 9.17) is 4.74 Å². The summed E-state index contributed by atoms with van der Waals surface area (Å²) in [4.78, 5) is 32.0. The third kappa shape index (κ3) is 4.22. The van der Waals surface area contributed by atoms with E-state index in [-0.39, 0.29) is 17.1 Å². The average Bonchev–Trinajstić information content (AvgIpc) is 3.00. The SMILES string of the molecule is CCC1SC2=NC(C)=C(C(=O)OCC(C)C)C(C=Cc3ccccc3)N2C1=O. The minimum atomic E-state index is -0.510. The lowest BCUT2D eigenvalue weighted by atomic mass is 10.00. The highest BCUT2D eigenvalue weighted by Gasteiger charge is 2.45. The van der Waals surface area contributed by atoms with E-state index in [0.717, 1.165) is 12.0 Å². The van der Waals surface area contributed by atoms with Crippen molar-refractivity contribution in [1.82, 2.24) is 4.90 Å². The zero-order chi connectivity index (χ0) is 20.3. The van der Waals surface area contributed by atoms with Gasteiger partial charge in [0, 0.05) is 0 Å². The van der Waals surface area contributed by atoms with Crippen molar-refractivity contribution in [3.63, 3.8) is 0 Å². The van der Waals surface area contributed by atoms with E-state index in [9.17, 15) is 9.59 Å². The molecule has 0 bridgehead atoms. The van der Waals surface area contributed by atoms with Gasteiger partial charge in [0.2, 0.25) is 5.91 Å². The van der Waals surface area contributed by atoms with Crippen LogP contribution in [0.1, 0.15) is 39.7 Å². The van der Waals surface area contributed by atoms with Crippen molar-refractivity contribution in [2.75, 3.05) is 6.61 Å². The van der Waals surface area contributed by atoms with Crippen LogP contribution in [0, 0.1) is 5.92 Å². The molecule has 1 aromatic carbocycles. The maximum atomic E-state index is 12.9. The number of esters is 1. The molecule has 2 unspecified atom stereocenters. The van der Waals surface area contributed by atoms with Crippen molar-refractivity contribution >= 4 is 34.9 Å². The Morgan fingerprint density at radius 3 is 2.68 bits per heavy atom. The molecule has 0 radical (unpaired) electrons. The van der Waals surface area contributed by atoms with Gasteiger partial charge in [0.25, 0.3) is 0 Å². The molecule has 5 nitrogen and oxygen atoms in total. The van der Waals surface area contributed by atoms with Crippen LogP contribution in [-0.4, -0.2) is 39.8 Å². The van der Waals surface area contributed by atoms with Crippen LogP contribution in [0.15, 0.2) is 52.7 Å². The second-order valence-corrected chi connectivity index (χ2v) is 8.49. The smallest absolute Gasteiger partial charge is 0.338 e. The summed E-state index contributed by atoms with van der Waals surface area (Å²) in [5.74, 6) is -0.177. The molecule has 3 rings (SSSR count). The summed E-state index contributed by atoms with van der Waals surface area (Å²) in [6, 6.07) is 9.32. The molecule has 6 heteroatoms. The summed E-state index contributed by atoms with van der Waals surface area (Å²) in [6.07, 6.45) is 4.56. The second kappa shape index (κ2) is 8.78. The van der Waals surface area contributed by atoms with Gasteiger partial charge in [0.05, 0.1) is 29.2 Å². The van der Waals surface area contributed by atoms with E-state index in [0.29, 0.717) is 23.0 Å². The number of ether oxygens (including phenoxy) is 1. The summed E-state index contributed by atoms with van der Waals surface area (Å²) < 4.78 is 5.49. The van der Waals surface area contributed by atoms with Gasteiger partial charge < -0.3 is 4.74 Å². The van der Waals surface area contributed by atoms with Crippen molar-refractivity contribution < 1.29 is 14.3 Å². The normalized spacial score (nSPS) is 22.1. The van der Waals surface area contributed by atoms with E-state index >= 15 is 0 Å². The molecule has 0 spiro atoms. The number of carbonyl (C=O) groups is 2. The standard InChI is InChI=1S/C22H26N2O3S/c1-5-18-20(25)24-17(12-11-16-9-7-6-8-10-16)19(15(4)23-22(24)28-18)21(26)27-13-14(2)3/h6-12,14,17-18H,5,13H2,1-4H3. The number of nitrogens with zero attached hydrogens (tertiary/aromatic N) is 2. The maximum absolute atomic E-state index is 12.9. The average molecular weight is 399 g/mol. The number of allylic oxidation sites excluding steroid dienone is 1. The van der Waals surface area contributed by atoms with Gasteiger partial charge >= 0.3 is 5.97 Å². The molecule has 28 heavy (non-hydrogen) atoms. The highest BCUT2D eigenvalue weighted by molar-refractivity contribution is 8.15. The molecule has 0 saturated carbocycles. The Kier molecular flexibility index (Phi) is 6.39. The summed E-state index contributed by atoms with van der Waals surface area (Å²) >= 11 is 1.47. The molecule has 148 valence electrons. The fourth-order valence-corrected chi connectivity index (χ4v) is 4.30. The van der Waals surface area contributed by atoms with Gasteiger partial charge in [-0.25, -0.2) is 9.79 Å². The molecular formula is C22H26N2O3S. The van der Waals surface area contributed by atoms with Gasteiger partial charge in [0.15, 0.2) is 5.17 Å². The second-order valence-electron chi connectivity index (χ2n) is 7.32. The van der Waals surface area contributed by atoms with Crippen molar-refractivity contribution in [2.24, 2.45) is 10.9 Å². The van der Waals surface area contributed by atoms with Crippen LogP contribution in [0.25, 0.3) is 6.08 Å². The van der Waals surface area contributed by atoms with Gasteiger partial charge in [0.1, 0.15) is 0 Å². The molecule has 2 heterocycles. The number of amides is 1. The molecule has 1 amide bonds. The fourth-order valence-electron chi connectivity index (χ4n) is 3.16. The highest BCUT2D eigenvalue weighted by atomic mass is 32.2. The summed E-state index contributed by atoms with van der Waals surface area (Å²) in [7, 11) is 0. The highest BCUT2D eigenvalue weighted by Crippen LogP contribution is 2.38. The predicted octanol–water partition coefficient (Wildman–Crippen LogP) is 4.27. The fraction of sp³-hybridized carbons (Fsp3) is 0.409. The van der Waals surface area contributed by atoms with Crippen LogP contribution >= 0.6 is 11.8 Å². The van der Waals surface area contributed by atoms with E-state index in [2.05, 4.69) is 4.99 Å². The monoisotopic (exact) mass is 398 g/mol. The Hall–Kier alpha value is -2.34. The Labute approximate surface area is 170 Å². The van der Waals surface area contributed by atoms with Crippen molar-refractivity contribution in [3.05, 3.63) is 53.2 Å². The molecular weight excluding hydrogens is 372 g/mol. The third-order valence-electron chi connectivity index (χ3n) is 4.60. The van der Waals surface area contributed by atoms with Crippen LogP contribution in [0.3, 0.4) is 0 Å². The lowest BCUT2D eigenvalue weighted by Crippen LogP contribution is -2.45. The van der Waals surface area contributed by atoms with Crippen LogP contribution in [0.4, 0.5) is 0 Å². The first kappa shape index (κ1) is 20.4. The molecule has 2 aliphatic rings. The number of fused-ring (bicyclic) bond motifs is 1. The molecule has 0 aromatic heterocycles. The Morgan fingerprint density at radius 2 is 2.04 bits per heavy atom. The first-order chi connectivity index (χ1) is 13.4. The zero-order valence-corrected chi connectivity index (χ0v) is 17.5. The van der Waals surface area contributed by atoms with Gasteiger partial charge in [-0.05, 0) is 24.8 Å². The predicted molar refractivity (Wildman–Crippen MR) is 114 cm³/mol. The number of benzene rings is 1. The molecule has 1 aromatic rings. The largest absolute Gasteiger partial charge is 0.462 e. The maximum Gasteiger partial charge on any atom is 0.338 e. The van der Waals surface area contributed by atoms with Gasteiger partial charge in [-0.2, -0.15) is 0 Å². The Balaban J connectivity index is 1.97.